The molecule has 0 spiro atoms. The molecule has 23 heavy (non-hydrogen) atoms. The van der Waals surface area contributed by atoms with Crippen molar-refractivity contribution in [2.45, 2.75) is 31.0 Å². The van der Waals surface area contributed by atoms with E-state index in [1.807, 2.05) is 5.32 Å². The van der Waals surface area contributed by atoms with Gasteiger partial charge in [0.05, 0.1) is 6.04 Å². The number of hydrogen-bond acceptors (Lipinski definition) is 7. The number of amides is 4. The lowest BCUT2D eigenvalue weighted by molar-refractivity contribution is -0.138. The summed E-state index contributed by atoms with van der Waals surface area (Å²) in [5.74, 6) is -5.36. The van der Waals surface area contributed by atoms with Gasteiger partial charge in [0.2, 0.25) is 17.7 Å². The maximum Gasteiger partial charge on any atom is 0.303 e. The predicted molar refractivity (Wildman–Crippen MR) is 80.9 cm³/mol. The number of nitrogens with one attached hydrogen (secondary N) is 2. The Morgan fingerprint density at radius 2 is 1.57 bits per heavy atom. The molecule has 0 fully saturated rings. The van der Waals surface area contributed by atoms with Crippen LogP contribution < -0.4 is 27.8 Å². The van der Waals surface area contributed by atoms with Gasteiger partial charge in [0.25, 0.3) is 5.91 Å². The number of aliphatic carboxylic acids is 1. The number of rotatable bonds is 10. The Labute approximate surface area is 136 Å². The zero-order valence-corrected chi connectivity index (χ0v) is 12.9. The normalized spacial score (nSPS) is 14.2. The highest BCUT2D eigenvalue weighted by atomic mass is 32.1. The van der Waals surface area contributed by atoms with E-state index in [1.165, 1.54) is 0 Å². The second kappa shape index (κ2) is 9.63. The molecule has 12 heteroatoms. The molecule has 0 aliphatic rings. The predicted octanol–water partition coefficient (Wildman–Crippen LogP) is -3.95. The van der Waals surface area contributed by atoms with Crippen molar-refractivity contribution in [2.24, 2.45) is 17.2 Å². The lowest BCUT2D eigenvalue weighted by Gasteiger charge is -2.20. The van der Waals surface area contributed by atoms with Gasteiger partial charge in [-0.3, -0.25) is 24.0 Å². The standard InChI is InChI=1S/C11H19N5O6S/c12-4(1-2-6(17)18)10(21)16-7(9(14)20)11(22)15-5(3-23)8(13)19/h4-5,7,23H,1-3,12H2,(H2,13,19)(H2,14,20)(H,15,22)(H,16,21)(H,17,18)/t4-,5?,7?/m0/s1. The summed E-state index contributed by atoms with van der Waals surface area (Å²) in [6.07, 6.45) is -0.569. The Morgan fingerprint density at radius 1 is 1.00 bits per heavy atom. The minimum atomic E-state index is -1.79. The molecule has 130 valence electrons. The molecule has 0 aromatic rings. The molecule has 2 unspecified atom stereocenters. The van der Waals surface area contributed by atoms with Gasteiger partial charge in [-0.25, -0.2) is 0 Å². The monoisotopic (exact) mass is 349 g/mol. The quantitative estimate of drug-likeness (QED) is 0.154. The number of carboxylic acid groups (broad SMARTS) is 1. The summed E-state index contributed by atoms with van der Waals surface area (Å²) in [7, 11) is 0. The van der Waals surface area contributed by atoms with Gasteiger partial charge in [0.15, 0.2) is 6.04 Å². The molecule has 0 aromatic carbocycles. The fourth-order valence-electron chi connectivity index (χ4n) is 1.39. The van der Waals surface area contributed by atoms with Crippen molar-refractivity contribution in [1.29, 1.82) is 0 Å². The van der Waals surface area contributed by atoms with E-state index in [9.17, 15) is 24.0 Å². The van der Waals surface area contributed by atoms with Crippen LogP contribution in [0.5, 0.6) is 0 Å². The minimum absolute atomic E-state index is 0.126. The Hall–Kier alpha value is -2.34. The van der Waals surface area contributed by atoms with Gasteiger partial charge in [0, 0.05) is 12.2 Å². The lowest BCUT2D eigenvalue weighted by Crippen LogP contribution is -2.59. The Balaban J connectivity index is 4.82. The van der Waals surface area contributed by atoms with Crippen LogP contribution in [-0.4, -0.2) is 58.6 Å². The van der Waals surface area contributed by atoms with E-state index in [4.69, 9.17) is 22.3 Å². The molecule has 0 aromatic heterocycles. The summed E-state index contributed by atoms with van der Waals surface area (Å²) in [5, 5.41) is 12.6. The van der Waals surface area contributed by atoms with Gasteiger partial charge >= 0.3 is 5.97 Å². The van der Waals surface area contributed by atoms with Gasteiger partial charge < -0.3 is 32.9 Å². The van der Waals surface area contributed by atoms with Crippen LogP contribution in [0.1, 0.15) is 12.8 Å². The largest absolute Gasteiger partial charge is 0.481 e. The zero-order valence-electron chi connectivity index (χ0n) is 12.0. The van der Waals surface area contributed by atoms with Crippen molar-refractivity contribution in [3.8, 4) is 0 Å². The zero-order chi connectivity index (χ0) is 18.2. The highest BCUT2D eigenvalue weighted by molar-refractivity contribution is 7.80. The number of primary amides is 2. The fourth-order valence-corrected chi connectivity index (χ4v) is 1.66. The lowest BCUT2D eigenvalue weighted by atomic mass is 10.1. The summed E-state index contributed by atoms with van der Waals surface area (Å²) >= 11 is 3.80. The number of thiol groups is 1. The number of nitrogens with two attached hydrogens (primary N) is 3. The van der Waals surface area contributed by atoms with Crippen molar-refractivity contribution in [2.75, 3.05) is 5.75 Å². The summed E-state index contributed by atoms with van der Waals surface area (Å²) < 4.78 is 0. The maximum atomic E-state index is 11.9. The van der Waals surface area contributed by atoms with Gasteiger partial charge in [-0.2, -0.15) is 12.6 Å². The molecule has 0 heterocycles. The van der Waals surface area contributed by atoms with Crippen LogP contribution in [-0.2, 0) is 24.0 Å². The van der Waals surface area contributed by atoms with Crippen molar-refractivity contribution in [1.82, 2.24) is 10.6 Å². The van der Waals surface area contributed by atoms with Crippen LogP contribution in [0.15, 0.2) is 0 Å². The van der Waals surface area contributed by atoms with E-state index in [1.54, 1.807) is 0 Å². The molecule has 0 rings (SSSR count). The first-order valence-electron chi connectivity index (χ1n) is 6.37. The summed E-state index contributed by atoms with van der Waals surface area (Å²) in [4.78, 5) is 56.3. The number of carboxylic acids is 1. The highest BCUT2D eigenvalue weighted by Crippen LogP contribution is 1.97. The molecule has 9 N–H and O–H groups in total. The third kappa shape index (κ3) is 7.46. The van der Waals surface area contributed by atoms with Gasteiger partial charge in [-0.15, -0.1) is 0 Å². The molecule has 0 saturated carbocycles. The van der Waals surface area contributed by atoms with Gasteiger partial charge in [0.1, 0.15) is 6.04 Å². The van der Waals surface area contributed by atoms with Crippen molar-refractivity contribution < 1.29 is 29.1 Å². The topological polar surface area (TPSA) is 208 Å². The summed E-state index contributed by atoms with van der Waals surface area (Å²) in [5.41, 5.74) is 15.5. The fraction of sp³-hybridized carbons (Fsp3) is 0.545. The molecule has 0 radical (unpaired) electrons. The van der Waals surface area contributed by atoms with E-state index in [0.717, 1.165) is 0 Å². The first-order chi connectivity index (χ1) is 10.6. The van der Waals surface area contributed by atoms with Gasteiger partial charge in [-0.1, -0.05) is 0 Å². The smallest absolute Gasteiger partial charge is 0.303 e. The second-order valence-corrected chi connectivity index (χ2v) is 4.89. The molecular weight excluding hydrogens is 330 g/mol. The molecular formula is C11H19N5O6S. The SMILES string of the molecule is NC(=O)C(CS)NC(=O)C(NC(=O)[C@@H](N)CCC(=O)O)C(N)=O. The van der Waals surface area contributed by atoms with E-state index >= 15 is 0 Å². The van der Waals surface area contributed by atoms with E-state index < -0.39 is 47.7 Å². The van der Waals surface area contributed by atoms with Crippen molar-refractivity contribution in [3.05, 3.63) is 0 Å². The van der Waals surface area contributed by atoms with Crippen LogP contribution in [0.2, 0.25) is 0 Å². The van der Waals surface area contributed by atoms with Crippen LogP contribution in [0, 0.1) is 0 Å². The molecule has 11 nitrogen and oxygen atoms in total. The Kier molecular flexibility index (Phi) is 8.65. The third-order valence-electron chi connectivity index (χ3n) is 2.68. The molecule has 0 aliphatic carbocycles. The molecule has 0 bridgehead atoms. The van der Waals surface area contributed by atoms with Gasteiger partial charge in [-0.05, 0) is 6.42 Å². The molecule has 0 saturated heterocycles. The van der Waals surface area contributed by atoms with Crippen LogP contribution >= 0.6 is 12.6 Å². The number of hydrogen-bond donors (Lipinski definition) is 7. The van der Waals surface area contributed by atoms with Crippen LogP contribution in [0.3, 0.4) is 0 Å². The van der Waals surface area contributed by atoms with Crippen LogP contribution in [0.4, 0.5) is 0 Å². The minimum Gasteiger partial charge on any atom is -0.481 e. The maximum absolute atomic E-state index is 11.9. The Bertz CT molecular complexity index is 499. The summed E-state index contributed by atoms with van der Waals surface area (Å²) in [6.45, 7) is 0. The molecule has 4 amide bonds. The number of carbonyl (C=O) groups is 5. The third-order valence-corrected chi connectivity index (χ3v) is 3.05. The molecule has 3 atom stereocenters. The van der Waals surface area contributed by atoms with Crippen molar-refractivity contribution >= 4 is 42.2 Å². The van der Waals surface area contributed by atoms with Crippen molar-refractivity contribution in [3.63, 3.8) is 0 Å². The highest BCUT2D eigenvalue weighted by Gasteiger charge is 2.30. The van der Waals surface area contributed by atoms with E-state index in [2.05, 4.69) is 17.9 Å². The van der Waals surface area contributed by atoms with E-state index in [-0.39, 0.29) is 18.6 Å². The molecule has 0 aliphatic heterocycles. The second-order valence-electron chi connectivity index (χ2n) is 4.53. The first-order valence-corrected chi connectivity index (χ1v) is 7.01. The number of carbonyl (C=O) groups excluding carboxylic acids is 4. The summed E-state index contributed by atoms with van der Waals surface area (Å²) in [6, 6.07) is -4.21. The van der Waals surface area contributed by atoms with E-state index in [0.29, 0.717) is 0 Å². The average Bonchev–Trinajstić information content (AvgIpc) is 2.46. The first kappa shape index (κ1) is 20.7. The Morgan fingerprint density at radius 3 is 1.96 bits per heavy atom. The van der Waals surface area contributed by atoms with Crippen LogP contribution in [0.25, 0.3) is 0 Å². The average molecular weight is 349 g/mol.